The van der Waals surface area contributed by atoms with Crippen LogP contribution in [0.15, 0.2) is 151 Å². The molecule has 1 N–H and O–H groups in total. The highest BCUT2D eigenvalue weighted by Gasteiger charge is 2.49. The highest BCUT2D eigenvalue weighted by atomic mass is 79.9. The van der Waals surface area contributed by atoms with Gasteiger partial charge in [0.15, 0.2) is 0 Å². The standard InChI is InChI=1S/C43H23Br2NO3/c44-30-21-28-39(41-37(30)25-13-3-9-19-35(25)48-41)40-29(22-31(45)38-26-14-4-10-20-36(26)49-42(38)40)43(28,47)27-15-5-8-18-34(27)46-32-16-6-1-11-23(32)24-12-2-7-17-33(24)46/h1-22,47H. The van der Waals surface area contributed by atoms with Gasteiger partial charge in [0, 0.05) is 69.1 Å². The van der Waals surface area contributed by atoms with Crippen LogP contribution in [0.1, 0.15) is 16.7 Å². The molecule has 232 valence electrons. The molecule has 7 aromatic carbocycles. The maximum Gasteiger partial charge on any atom is 0.144 e. The maximum absolute atomic E-state index is 13.8. The number of fused-ring (bicyclic) bond motifs is 14. The lowest BCUT2D eigenvalue weighted by atomic mass is 9.82. The molecule has 0 saturated heterocycles. The Labute approximate surface area is 296 Å². The Hall–Kier alpha value is -5.14. The molecule has 11 rings (SSSR count). The fraction of sp³-hybridized carbons (Fsp3) is 0.0233. The first-order chi connectivity index (χ1) is 24.0. The van der Waals surface area contributed by atoms with E-state index in [1.807, 2.05) is 54.6 Å². The zero-order chi connectivity index (χ0) is 32.6. The van der Waals surface area contributed by atoms with Gasteiger partial charge in [-0.05, 0) is 74.3 Å². The summed E-state index contributed by atoms with van der Waals surface area (Å²) in [5, 5.41) is 20.0. The van der Waals surface area contributed by atoms with E-state index in [-0.39, 0.29) is 0 Å². The topological polar surface area (TPSA) is 51.4 Å². The van der Waals surface area contributed by atoms with Crippen LogP contribution in [-0.4, -0.2) is 9.67 Å². The minimum absolute atomic E-state index is 0.709. The van der Waals surface area contributed by atoms with Crippen molar-refractivity contribution in [1.82, 2.24) is 4.57 Å². The van der Waals surface area contributed by atoms with Crippen molar-refractivity contribution in [3.05, 3.63) is 159 Å². The van der Waals surface area contributed by atoms with Gasteiger partial charge in [-0.15, -0.1) is 0 Å². The van der Waals surface area contributed by atoms with E-state index in [4.69, 9.17) is 8.83 Å². The van der Waals surface area contributed by atoms with E-state index in [2.05, 4.69) is 115 Å². The van der Waals surface area contributed by atoms with Gasteiger partial charge >= 0.3 is 0 Å². The van der Waals surface area contributed by atoms with Crippen LogP contribution in [0, 0.1) is 0 Å². The van der Waals surface area contributed by atoms with E-state index in [0.29, 0.717) is 11.2 Å². The number of nitrogens with zero attached hydrogens (tertiary/aromatic N) is 1. The van der Waals surface area contributed by atoms with Crippen LogP contribution in [0.2, 0.25) is 0 Å². The summed E-state index contributed by atoms with van der Waals surface area (Å²) >= 11 is 7.85. The number of para-hydroxylation sites is 5. The molecule has 1 aliphatic rings. The largest absolute Gasteiger partial charge is 0.455 e. The van der Waals surface area contributed by atoms with Crippen LogP contribution in [0.5, 0.6) is 0 Å². The summed E-state index contributed by atoms with van der Waals surface area (Å²) in [5.41, 5.74) is 8.32. The predicted octanol–water partition coefficient (Wildman–Crippen LogP) is 12.4. The molecule has 49 heavy (non-hydrogen) atoms. The molecule has 0 unspecified atom stereocenters. The van der Waals surface area contributed by atoms with Gasteiger partial charge in [0.2, 0.25) is 0 Å². The number of aliphatic hydroxyl groups is 1. The number of furan rings is 2. The third kappa shape index (κ3) is 3.46. The predicted molar refractivity (Wildman–Crippen MR) is 205 cm³/mol. The van der Waals surface area contributed by atoms with Gasteiger partial charge in [-0.3, -0.25) is 0 Å². The molecule has 10 aromatic rings. The van der Waals surface area contributed by atoms with Crippen molar-refractivity contribution in [2.24, 2.45) is 0 Å². The molecule has 3 aromatic heterocycles. The fourth-order valence-electron chi connectivity index (χ4n) is 8.36. The van der Waals surface area contributed by atoms with Crippen molar-refractivity contribution in [1.29, 1.82) is 0 Å². The summed E-state index contributed by atoms with van der Waals surface area (Å²) in [5.74, 6) is 0. The zero-order valence-electron chi connectivity index (χ0n) is 25.7. The number of hydrogen-bond donors (Lipinski definition) is 1. The number of benzene rings is 7. The average Bonchev–Trinajstić information content (AvgIpc) is 3.87. The van der Waals surface area contributed by atoms with Crippen LogP contribution in [0.3, 0.4) is 0 Å². The number of rotatable bonds is 2. The summed E-state index contributed by atoms with van der Waals surface area (Å²) in [7, 11) is 0. The van der Waals surface area contributed by atoms with Crippen molar-refractivity contribution in [2.75, 3.05) is 0 Å². The second-order valence-corrected chi connectivity index (χ2v) is 14.5. The van der Waals surface area contributed by atoms with Gasteiger partial charge in [0.05, 0.1) is 16.7 Å². The molecule has 1 aliphatic carbocycles. The summed E-state index contributed by atoms with van der Waals surface area (Å²) in [6.45, 7) is 0. The van der Waals surface area contributed by atoms with Gasteiger partial charge in [0.1, 0.15) is 27.9 Å². The normalized spacial score (nSPS) is 13.8. The van der Waals surface area contributed by atoms with Crippen LogP contribution in [-0.2, 0) is 5.60 Å². The minimum Gasteiger partial charge on any atom is -0.455 e. The van der Waals surface area contributed by atoms with E-state index in [9.17, 15) is 5.11 Å². The molecule has 4 nitrogen and oxygen atoms in total. The highest BCUT2D eigenvalue weighted by molar-refractivity contribution is 9.11. The minimum atomic E-state index is -1.58. The zero-order valence-corrected chi connectivity index (χ0v) is 28.8. The molecule has 6 heteroatoms. The Kier molecular flexibility index (Phi) is 5.51. The van der Waals surface area contributed by atoms with E-state index >= 15 is 0 Å². The second kappa shape index (κ2) is 9.73. The highest BCUT2D eigenvalue weighted by Crippen LogP contribution is 2.60. The summed E-state index contributed by atoms with van der Waals surface area (Å²) < 4.78 is 17.5. The quantitative estimate of drug-likeness (QED) is 0.191. The first-order valence-electron chi connectivity index (χ1n) is 16.1. The molecule has 0 spiro atoms. The van der Waals surface area contributed by atoms with Gasteiger partial charge in [-0.25, -0.2) is 0 Å². The lowest BCUT2D eigenvalue weighted by molar-refractivity contribution is 0.130. The van der Waals surface area contributed by atoms with Gasteiger partial charge in [-0.1, -0.05) is 91.0 Å². The molecule has 0 aliphatic heterocycles. The van der Waals surface area contributed by atoms with Crippen LogP contribution in [0.4, 0.5) is 0 Å². The van der Waals surface area contributed by atoms with E-state index in [0.717, 1.165) is 97.0 Å². The lowest BCUT2D eigenvalue weighted by Gasteiger charge is -2.30. The smallest absolute Gasteiger partial charge is 0.144 e. The second-order valence-electron chi connectivity index (χ2n) is 12.8. The van der Waals surface area contributed by atoms with Crippen molar-refractivity contribution in [3.63, 3.8) is 0 Å². The molecule has 0 bridgehead atoms. The SMILES string of the molecule is OC1(c2ccccc2-n2c3ccccc3c3ccccc32)c2cc(Br)c3c(oc4ccccc43)c2-c2c1cc(Br)c1c2oc2ccccc21. The first kappa shape index (κ1) is 27.8. The molecular weight excluding hydrogens is 738 g/mol. The first-order valence-corrected chi connectivity index (χ1v) is 17.7. The molecule has 0 amide bonds. The Morgan fingerprint density at radius 1 is 0.490 bits per heavy atom. The third-order valence-corrected chi connectivity index (χ3v) is 11.6. The van der Waals surface area contributed by atoms with Gasteiger partial charge in [0.25, 0.3) is 0 Å². The van der Waals surface area contributed by atoms with Gasteiger partial charge < -0.3 is 18.5 Å². The molecule has 0 atom stereocenters. The molecule has 0 radical (unpaired) electrons. The molecule has 0 saturated carbocycles. The van der Waals surface area contributed by atoms with Crippen molar-refractivity contribution >= 4 is 97.5 Å². The van der Waals surface area contributed by atoms with Crippen LogP contribution in [0.25, 0.3) is 82.5 Å². The lowest BCUT2D eigenvalue weighted by Crippen LogP contribution is -2.28. The average molecular weight is 761 g/mol. The Balaban J connectivity index is 1.34. The number of hydrogen-bond acceptors (Lipinski definition) is 3. The van der Waals surface area contributed by atoms with Crippen LogP contribution < -0.4 is 0 Å². The Bertz CT molecular complexity index is 2880. The van der Waals surface area contributed by atoms with E-state index < -0.39 is 5.60 Å². The summed E-state index contributed by atoms with van der Waals surface area (Å²) in [6, 6.07) is 45.4. The third-order valence-electron chi connectivity index (χ3n) is 10.3. The molecule has 3 heterocycles. The van der Waals surface area contributed by atoms with Crippen molar-refractivity contribution in [3.8, 4) is 16.8 Å². The summed E-state index contributed by atoms with van der Waals surface area (Å²) in [4.78, 5) is 0. The van der Waals surface area contributed by atoms with Crippen molar-refractivity contribution in [2.45, 2.75) is 5.60 Å². The molecule has 0 fully saturated rings. The Morgan fingerprint density at radius 2 is 0.918 bits per heavy atom. The van der Waals surface area contributed by atoms with E-state index in [1.54, 1.807) is 0 Å². The fourth-order valence-corrected chi connectivity index (χ4v) is 9.61. The monoisotopic (exact) mass is 759 g/mol. The Morgan fingerprint density at radius 3 is 1.45 bits per heavy atom. The van der Waals surface area contributed by atoms with Crippen molar-refractivity contribution < 1.29 is 13.9 Å². The number of halogens is 2. The molecular formula is C43H23Br2NO3. The van der Waals surface area contributed by atoms with Gasteiger partial charge in [-0.2, -0.15) is 0 Å². The van der Waals surface area contributed by atoms with E-state index in [1.165, 1.54) is 0 Å². The summed E-state index contributed by atoms with van der Waals surface area (Å²) in [6.07, 6.45) is 0. The van der Waals surface area contributed by atoms with Crippen LogP contribution >= 0.6 is 31.9 Å². The number of aromatic nitrogens is 1. The maximum atomic E-state index is 13.8.